The lowest BCUT2D eigenvalue weighted by Gasteiger charge is -2.13. The van der Waals surface area contributed by atoms with Gasteiger partial charge in [0.1, 0.15) is 5.75 Å². The summed E-state index contributed by atoms with van der Waals surface area (Å²) >= 11 is 0. The Morgan fingerprint density at radius 1 is 1.29 bits per heavy atom. The lowest BCUT2D eigenvalue weighted by Crippen LogP contribution is -2.13. The Kier molecular flexibility index (Phi) is 4.34. The van der Waals surface area contributed by atoms with Gasteiger partial charge < -0.3 is 4.74 Å². The Hall–Kier alpha value is -1.86. The summed E-state index contributed by atoms with van der Waals surface area (Å²) in [6, 6.07) is 5.00. The van der Waals surface area contributed by atoms with E-state index >= 15 is 0 Å². The Balaban J connectivity index is 2.12. The lowest BCUT2D eigenvalue weighted by molar-refractivity contribution is 0.314. The van der Waals surface area contributed by atoms with Gasteiger partial charge in [-0.2, -0.15) is 5.10 Å². The summed E-state index contributed by atoms with van der Waals surface area (Å²) in [6.07, 6.45) is 2.47. The van der Waals surface area contributed by atoms with Crippen LogP contribution in [0.4, 0.5) is 0 Å². The highest BCUT2D eigenvalue weighted by Gasteiger charge is 2.13. The summed E-state index contributed by atoms with van der Waals surface area (Å²) in [4.78, 5) is 0.108. The molecule has 0 saturated heterocycles. The normalized spacial score (nSPS) is 11.6. The summed E-state index contributed by atoms with van der Waals surface area (Å²) < 4.78 is 30.4. The molecule has 1 heterocycles. The van der Waals surface area contributed by atoms with Crippen molar-refractivity contribution in [3.8, 4) is 5.75 Å². The fourth-order valence-corrected chi connectivity index (χ4v) is 2.89. The molecule has 21 heavy (non-hydrogen) atoms. The van der Waals surface area contributed by atoms with Crippen LogP contribution < -0.4 is 9.88 Å². The minimum absolute atomic E-state index is 0.108. The molecule has 114 valence electrons. The van der Waals surface area contributed by atoms with Gasteiger partial charge in [-0.15, -0.1) is 0 Å². The summed E-state index contributed by atoms with van der Waals surface area (Å²) in [5, 5.41) is 9.24. The fraction of sp³-hybridized carbons (Fsp3) is 0.357. The maximum atomic E-state index is 11.4. The molecule has 1 aromatic heterocycles. The van der Waals surface area contributed by atoms with E-state index in [0.29, 0.717) is 12.4 Å². The van der Waals surface area contributed by atoms with E-state index < -0.39 is 10.0 Å². The highest BCUT2D eigenvalue weighted by molar-refractivity contribution is 7.89. The molecule has 0 aliphatic rings. The Labute approximate surface area is 124 Å². The fourth-order valence-electron chi connectivity index (χ4n) is 2.21. The average Bonchev–Trinajstić information content (AvgIpc) is 2.77. The first-order valence-corrected chi connectivity index (χ1v) is 8.07. The van der Waals surface area contributed by atoms with Crippen LogP contribution in [0, 0.1) is 13.8 Å². The molecule has 6 nitrogen and oxygen atoms in total. The lowest BCUT2D eigenvalue weighted by atomic mass is 10.1. The van der Waals surface area contributed by atoms with Crippen molar-refractivity contribution in [1.29, 1.82) is 0 Å². The topological polar surface area (TPSA) is 87.2 Å². The Bertz CT molecular complexity index is 728. The van der Waals surface area contributed by atoms with Gasteiger partial charge >= 0.3 is 0 Å². The van der Waals surface area contributed by atoms with E-state index in [-0.39, 0.29) is 4.90 Å². The van der Waals surface area contributed by atoms with E-state index in [4.69, 9.17) is 9.88 Å². The van der Waals surface area contributed by atoms with E-state index in [1.165, 1.54) is 12.1 Å². The van der Waals surface area contributed by atoms with Crippen molar-refractivity contribution in [2.45, 2.75) is 25.2 Å². The molecule has 2 aromatic rings. The largest absolute Gasteiger partial charge is 0.493 e. The smallest absolute Gasteiger partial charge is 0.238 e. The monoisotopic (exact) mass is 309 g/mol. The number of hydrogen-bond donors (Lipinski definition) is 1. The third-order valence-electron chi connectivity index (χ3n) is 3.29. The van der Waals surface area contributed by atoms with Crippen LogP contribution in [0.2, 0.25) is 0 Å². The van der Waals surface area contributed by atoms with E-state index in [0.717, 1.165) is 23.2 Å². The number of nitrogens with zero attached hydrogens (tertiary/aromatic N) is 2. The van der Waals surface area contributed by atoms with Crippen LogP contribution in [0.1, 0.15) is 16.8 Å². The molecule has 1 aromatic carbocycles. The second kappa shape index (κ2) is 5.87. The van der Waals surface area contributed by atoms with E-state index in [1.807, 2.05) is 13.1 Å². The van der Waals surface area contributed by atoms with Gasteiger partial charge in [-0.3, -0.25) is 4.68 Å². The molecule has 0 aliphatic carbocycles. The van der Waals surface area contributed by atoms with Crippen LogP contribution in [-0.4, -0.2) is 24.8 Å². The molecule has 2 N–H and O–H groups in total. The van der Waals surface area contributed by atoms with Crippen LogP contribution in [0.15, 0.2) is 29.3 Å². The van der Waals surface area contributed by atoms with E-state index in [9.17, 15) is 8.42 Å². The summed E-state index contributed by atoms with van der Waals surface area (Å²) in [7, 11) is -1.81. The molecular weight excluding hydrogens is 290 g/mol. The van der Waals surface area contributed by atoms with Crippen molar-refractivity contribution in [3.05, 3.63) is 41.2 Å². The molecule has 0 fully saturated rings. The van der Waals surface area contributed by atoms with Gasteiger partial charge in [-0.1, -0.05) is 0 Å². The zero-order valence-corrected chi connectivity index (χ0v) is 13.1. The van der Waals surface area contributed by atoms with Crippen molar-refractivity contribution in [2.75, 3.05) is 6.61 Å². The standard InChI is InChI=1S/C14H19N3O3S/c1-10-8-13(21(15,18)19)9-11(2)14(10)20-7-5-12-4-6-16-17(12)3/h4,6,8-9H,5,7H2,1-3H3,(H2,15,18,19). The minimum Gasteiger partial charge on any atom is -0.493 e. The number of rotatable bonds is 5. The molecule has 7 heteroatoms. The maximum Gasteiger partial charge on any atom is 0.238 e. The molecule has 0 amide bonds. The molecular formula is C14H19N3O3S. The number of aryl methyl sites for hydroxylation is 3. The molecule has 0 saturated carbocycles. The van der Waals surface area contributed by atoms with Crippen LogP contribution in [0.25, 0.3) is 0 Å². The quantitative estimate of drug-likeness (QED) is 0.902. The number of hydrogen-bond acceptors (Lipinski definition) is 4. The van der Waals surface area contributed by atoms with E-state index in [2.05, 4.69) is 5.10 Å². The first-order valence-electron chi connectivity index (χ1n) is 6.53. The first-order chi connectivity index (χ1) is 9.79. The number of primary sulfonamides is 1. The Morgan fingerprint density at radius 3 is 2.38 bits per heavy atom. The van der Waals surface area contributed by atoms with Crippen molar-refractivity contribution in [1.82, 2.24) is 9.78 Å². The minimum atomic E-state index is -3.69. The van der Waals surface area contributed by atoms with E-state index in [1.54, 1.807) is 24.7 Å². The molecule has 2 rings (SSSR count). The van der Waals surface area contributed by atoms with Gasteiger partial charge in [0.05, 0.1) is 11.5 Å². The van der Waals surface area contributed by atoms with Crippen LogP contribution in [0.3, 0.4) is 0 Å². The highest BCUT2D eigenvalue weighted by Crippen LogP contribution is 2.26. The van der Waals surface area contributed by atoms with Gasteiger partial charge in [0.15, 0.2) is 0 Å². The number of nitrogens with two attached hydrogens (primary N) is 1. The van der Waals surface area contributed by atoms with Crippen LogP contribution >= 0.6 is 0 Å². The number of sulfonamides is 1. The van der Waals surface area contributed by atoms with Crippen molar-refractivity contribution >= 4 is 10.0 Å². The van der Waals surface area contributed by atoms with Gasteiger partial charge in [0.25, 0.3) is 0 Å². The molecule has 0 unspecified atom stereocenters. The van der Waals surface area contributed by atoms with Gasteiger partial charge in [0.2, 0.25) is 10.0 Å². The maximum absolute atomic E-state index is 11.4. The van der Waals surface area contributed by atoms with Gasteiger partial charge in [-0.25, -0.2) is 13.6 Å². The second-order valence-corrected chi connectivity index (χ2v) is 6.54. The predicted molar refractivity (Wildman–Crippen MR) is 79.7 cm³/mol. The van der Waals surface area contributed by atoms with Crippen LogP contribution in [0.5, 0.6) is 5.75 Å². The SMILES string of the molecule is Cc1cc(S(N)(=O)=O)cc(C)c1OCCc1ccnn1C. The van der Waals surface area contributed by atoms with Crippen LogP contribution in [-0.2, 0) is 23.5 Å². The highest BCUT2D eigenvalue weighted by atomic mass is 32.2. The first kappa shape index (κ1) is 15.5. The summed E-state index contributed by atoms with van der Waals surface area (Å²) in [5.74, 6) is 0.699. The molecule has 0 radical (unpaired) electrons. The zero-order chi connectivity index (χ0) is 15.6. The van der Waals surface area contributed by atoms with Crippen molar-refractivity contribution in [2.24, 2.45) is 12.2 Å². The predicted octanol–water partition coefficient (Wildman–Crippen LogP) is 1.31. The van der Waals surface area contributed by atoms with Gasteiger partial charge in [-0.05, 0) is 43.2 Å². The Morgan fingerprint density at radius 2 is 1.90 bits per heavy atom. The zero-order valence-electron chi connectivity index (χ0n) is 12.3. The third kappa shape index (κ3) is 3.62. The average molecular weight is 309 g/mol. The second-order valence-electron chi connectivity index (χ2n) is 4.98. The number of ether oxygens (including phenoxy) is 1. The molecule has 0 atom stereocenters. The molecule has 0 aliphatic heterocycles. The summed E-state index contributed by atoms with van der Waals surface area (Å²) in [5.41, 5.74) is 2.58. The number of aromatic nitrogens is 2. The van der Waals surface area contributed by atoms with Crippen molar-refractivity contribution in [3.63, 3.8) is 0 Å². The number of benzene rings is 1. The van der Waals surface area contributed by atoms with Gasteiger partial charge in [0, 0.05) is 25.4 Å². The molecule has 0 spiro atoms. The summed E-state index contributed by atoms with van der Waals surface area (Å²) in [6.45, 7) is 4.11. The molecule has 0 bridgehead atoms. The third-order valence-corrected chi connectivity index (χ3v) is 4.18. The van der Waals surface area contributed by atoms with Crippen molar-refractivity contribution < 1.29 is 13.2 Å².